The summed E-state index contributed by atoms with van der Waals surface area (Å²) in [6, 6.07) is 15.3. The van der Waals surface area contributed by atoms with Crippen LogP contribution in [0.25, 0.3) is 0 Å². The zero-order chi connectivity index (χ0) is 16.1. The number of rotatable bonds is 5. The van der Waals surface area contributed by atoms with E-state index in [-0.39, 0.29) is 11.2 Å². The predicted octanol–water partition coefficient (Wildman–Crippen LogP) is 4.32. The third-order valence-electron chi connectivity index (χ3n) is 4.66. The van der Waals surface area contributed by atoms with Crippen LogP contribution in [0, 0.1) is 5.82 Å². The summed E-state index contributed by atoms with van der Waals surface area (Å²) in [5, 5.41) is 3.88. The highest BCUT2D eigenvalue weighted by Gasteiger charge is 2.34. The van der Waals surface area contributed by atoms with Crippen LogP contribution >= 0.6 is 11.6 Å². The molecule has 1 aliphatic heterocycles. The molecule has 0 unspecified atom stereocenters. The molecule has 1 fully saturated rings. The van der Waals surface area contributed by atoms with Gasteiger partial charge in [0.1, 0.15) is 5.82 Å². The van der Waals surface area contributed by atoms with Crippen molar-refractivity contribution in [2.75, 3.05) is 19.8 Å². The van der Waals surface area contributed by atoms with Gasteiger partial charge < -0.3 is 10.1 Å². The molecule has 23 heavy (non-hydrogen) atoms. The first-order chi connectivity index (χ1) is 11.2. The van der Waals surface area contributed by atoms with E-state index in [0.29, 0.717) is 17.1 Å². The number of nitrogens with one attached hydrogen (secondary N) is 1. The first-order valence-electron chi connectivity index (χ1n) is 7.98. The van der Waals surface area contributed by atoms with E-state index in [9.17, 15) is 4.39 Å². The normalized spacial score (nSPS) is 17.1. The summed E-state index contributed by atoms with van der Waals surface area (Å²) in [5.41, 5.74) is 1.89. The van der Waals surface area contributed by atoms with Crippen molar-refractivity contribution < 1.29 is 9.13 Å². The Balaban J connectivity index is 1.73. The first kappa shape index (κ1) is 16.4. The maximum absolute atomic E-state index is 13.9. The Morgan fingerprint density at radius 3 is 2.48 bits per heavy atom. The summed E-state index contributed by atoms with van der Waals surface area (Å²) in [7, 11) is 0. The molecule has 0 spiro atoms. The lowest BCUT2D eigenvalue weighted by molar-refractivity contribution is 0.0497. The summed E-state index contributed by atoms with van der Waals surface area (Å²) in [4.78, 5) is 0. The van der Waals surface area contributed by atoms with Gasteiger partial charge in [0.15, 0.2) is 0 Å². The molecule has 1 N–H and O–H groups in total. The minimum Gasteiger partial charge on any atom is -0.381 e. The van der Waals surface area contributed by atoms with E-state index < -0.39 is 0 Å². The largest absolute Gasteiger partial charge is 0.381 e. The predicted molar refractivity (Wildman–Crippen MR) is 91.3 cm³/mol. The summed E-state index contributed by atoms with van der Waals surface area (Å²) in [5.74, 6) is -0.259. The van der Waals surface area contributed by atoms with E-state index in [1.54, 1.807) is 12.1 Å². The van der Waals surface area contributed by atoms with Gasteiger partial charge in [-0.3, -0.25) is 0 Å². The maximum atomic E-state index is 13.9. The van der Waals surface area contributed by atoms with Crippen LogP contribution in [0.15, 0.2) is 48.5 Å². The molecule has 2 aromatic carbocycles. The highest BCUT2D eigenvalue weighted by atomic mass is 35.5. The smallest absolute Gasteiger partial charge is 0.129 e. The van der Waals surface area contributed by atoms with Crippen LogP contribution in [0.3, 0.4) is 0 Å². The molecule has 122 valence electrons. The van der Waals surface area contributed by atoms with Crippen molar-refractivity contribution in [3.8, 4) is 0 Å². The number of ether oxygens (including phenoxy) is 1. The molecule has 0 saturated carbocycles. The van der Waals surface area contributed by atoms with Gasteiger partial charge in [0, 0.05) is 42.3 Å². The second-order valence-corrected chi connectivity index (χ2v) is 6.47. The summed E-state index contributed by atoms with van der Waals surface area (Å²) in [6.45, 7) is 2.74. The van der Waals surface area contributed by atoms with Gasteiger partial charge in [-0.2, -0.15) is 0 Å². The third-order valence-corrected chi connectivity index (χ3v) is 5.02. The van der Waals surface area contributed by atoms with Crippen molar-refractivity contribution >= 4 is 11.6 Å². The van der Waals surface area contributed by atoms with Gasteiger partial charge in [-0.05, 0) is 30.5 Å². The molecule has 0 aliphatic carbocycles. The van der Waals surface area contributed by atoms with E-state index in [2.05, 4.69) is 29.6 Å². The van der Waals surface area contributed by atoms with Crippen molar-refractivity contribution in [3.05, 3.63) is 70.5 Å². The molecule has 4 heteroatoms. The van der Waals surface area contributed by atoms with Gasteiger partial charge in [-0.15, -0.1) is 0 Å². The highest BCUT2D eigenvalue weighted by molar-refractivity contribution is 6.31. The molecular weight excluding hydrogens is 313 g/mol. The van der Waals surface area contributed by atoms with E-state index in [1.807, 2.05) is 6.07 Å². The number of halogens is 2. The second kappa shape index (κ2) is 7.43. The molecule has 1 saturated heterocycles. The molecule has 3 rings (SSSR count). The Hall–Kier alpha value is -1.42. The lowest BCUT2D eigenvalue weighted by Gasteiger charge is -2.38. The summed E-state index contributed by atoms with van der Waals surface area (Å²) < 4.78 is 19.4. The second-order valence-electron chi connectivity index (χ2n) is 6.06. The number of benzene rings is 2. The van der Waals surface area contributed by atoms with Crippen molar-refractivity contribution in [1.29, 1.82) is 0 Å². The minimum atomic E-state index is -0.259. The van der Waals surface area contributed by atoms with Crippen LogP contribution in [0.5, 0.6) is 0 Å². The van der Waals surface area contributed by atoms with Crippen LogP contribution in [0.4, 0.5) is 4.39 Å². The molecule has 2 aromatic rings. The molecular formula is C19H21ClFNO. The van der Waals surface area contributed by atoms with Gasteiger partial charge in [0.25, 0.3) is 0 Å². The van der Waals surface area contributed by atoms with Crippen LogP contribution in [-0.4, -0.2) is 19.8 Å². The van der Waals surface area contributed by atoms with Crippen molar-refractivity contribution in [1.82, 2.24) is 5.32 Å². The van der Waals surface area contributed by atoms with Crippen molar-refractivity contribution in [2.24, 2.45) is 0 Å². The molecule has 1 aliphatic rings. The van der Waals surface area contributed by atoms with E-state index in [0.717, 1.165) is 32.6 Å². The zero-order valence-corrected chi connectivity index (χ0v) is 13.8. The molecule has 0 atom stereocenters. The average Bonchev–Trinajstić information content (AvgIpc) is 2.59. The fourth-order valence-corrected chi connectivity index (χ4v) is 3.48. The number of hydrogen-bond acceptors (Lipinski definition) is 2. The van der Waals surface area contributed by atoms with Crippen LogP contribution < -0.4 is 5.32 Å². The van der Waals surface area contributed by atoms with Crippen LogP contribution in [0.2, 0.25) is 5.02 Å². The standard InChI is InChI=1S/C19H21ClFNO/c20-17-7-4-8-18(21)16(17)13-22-14-19(9-11-23-12-10-19)15-5-2-1-3-6-15/h1-8,22H,9-14H2. The summed E-state index contributed by atoms with van der Waals surface area (Å²) >= 11 is 6.10. The Labute approximate surface area is 141 Å². The van der Waals surface area contributed by atoms with Crippen LogP contribution in [-0.2, 0) is 16.7 Å². The minimum absolute atomic E-state index is 0.0389. The Morgan fingerprint density at radius 2 is 1.78 bits per heavy atom. The van der Waals surface area contributed by atoms with Gasteiger partial charge in [-0.1, -0.05) is 48.0 Å². The Morgan fingerprint density at radius 1 is 1.04 bits per heavy atom. The SMILES string of the molecule is Fc1cccc(Cl)c1CNCC1(c2ccccc2)CCOCC1. The van der Waals surface area contributed by atoms with Gasteiger partial charge in [0.2, 0.25) is 0 Å². The van der Waals surface area contributed by atoms with Crippen molar-refractivity contribution in [2.45, 2.75) is 24.8 Å². The highest BCUT2D eigenvalue weighted by Crippen LogP contribution is 2.34. The molecule has 2 nitrogen and oxygen atoms in total. The molecule has 0 aromatic heterocycles. The van der Waals surface area contributed by atoms with E-state index >= 15 is 0 Å². The molecule has 1 heterocycles. The molecule has 0 radical (unpaired) electrons. The van der Waals surface area contributed by atoms with Crippen molar-refractivity contribution in [3.63, 3.8) is 0 Å². The lowest BCUT2D eigenvalue weighted by Crippen LogP contribution is -2.42. The zero-order valence-electron chi connectivity index (χ0n) is 13.0. The maximum Gasteiger partial charge on any atom is 0.129 e. The fourth-order valence-electron chi connectivity index (χ4n) is 3.25. The van der Waals surface area contributed by atoms with E-state index in [1.165, 1.54) is 11.6 Å². The third kappa shape index (κ3) is 3.74. The molecule has 0 amide bonds. The Bertz CT molecular complexity index is 621. The van der Waals surface area contributed by atoms with Gasteiger partial charge >= 0.3 is 0 Å². The van der Waals surface area contributed by atoms with Crippen LogP contribution in [0.1, 0.15) is 24.0 Å². The molecule has 0 bridgehead atoms. The van der Waals surface area contributed by atoms with E-state index in [4.69, 9.17) is 16.3 Å². The first-order valence-corrected chi connectivity index (χ1v) is 8.36. The van der Waals surface area contributed by atoms with Gasteiger partial charge in [0.05, 0.1) is 0 Å². The average molecular weight is 334 g/mol. The number of hydrogen-bond donors (Lipinski definition) is 1. The Kier molecular flexibility index (Phi) is 5.31. The summed E-state index contributed by atoms with van der Waals surface area (Å²) in [6.07, 6.45) is 1.93. The topological polar surface area (TPSA) is 21.3 Å². The monoisotopic (exact) mass is 333 g/mol. The fraction of sp³-hybridized carbons (Fsp3) is 0.368. The lowest BCUT2D eigenvalue weighted by atomic mass is 9.74. The quantitative estimate of drug-likeness (QED) is 0.880. The van der Waals surface area contributed by atoms with Gasteiger partial charge in [-0.25, -0.2) is 4.39 Å².